The van der Waals surface area contributed by atoms with Gasteiger partial charge in [-0.15, -0.1) is 0 Å². The summed E-state index contributed by atoms with van der Waals surface area (Å²) in [7, 11) is 1.24. The molecule has 0 amide bonds. The number of carbonyl (C=O) groups excluding carboxylic acids is 1. The molecule has 3 heterocycles. The maximum absolute atomic E-state index is 13.0. The minimum absolute atomic E-state index is 0.0173. The normalized spacial score (nSPS) is 28.4. The maximum atomic E-state index is 13.0. The quantitative estimate of drug-likeness (QED) is 0.590. The van der Waals surface area contributed by atoms with Crippen molar-refractivity contribution in [2.24, 2.45) is 11.7 Å². The van der Waals surface area contributed by atoms with Crippen molar-refractivity contribution in [3.63, 3.8) is 0 Å². The predicted octanol–water partition coefficient (Wildman–Crippen LogP) is 3.37. The molecule has 0 spiro atoms. The van der Waals surface area contributed by atoms with Crippen LogP contribution < -0.4 is 5.73 Å². The monoisotopic (exact) mass is 504 g/mol. The Balaban J connectivity index is 1.59. The molecule has 3 aliphatic heterocycles. The smallest absolute Gasteiger partial charge is 0.339 e. The van der Waals surface area contributed by atoms with Gasteiger partial charge < -0.3 is 34.2 Å². The van der Waals surface area contributed by atoms with E-state index in [9.17, 15) is 10.1 Å². The summed E-state index contributed by atoms with van der Waals surface area (Å²) in [5.74, 6) is -2.51. The first kappa shape index (κ1) is 25.0. The van der Waals surface area contributed by atoms with Gasteiger partial charge in [0.15, 0.2) is 17.8 Å². The first-order valence-corrected chi connectivity index (χ1v) is 11.9. The highest BCUT2D eigenvalue weighted by molar-refractivity contribution is 5.92. The molecule has 1 unspecified atom stereocenters. The third-order valence-electron chi connectivity index (χ3n) is 6.55. The van der Waals surface area contributed by atoms with Gasteiger partial charge in [-0.05, 0) is 19.4 Å². The fourth-order valence-electron chi connectivity index (χ4n) is 4.98. The van der Waals surface area contributed by atoms with Gasteiger partial charge in [0, 0.05) is 5.56 Å². The van der Waals surface area contributed by atoms with Gasteiger partial charge in [-0.1, -0.05) is 60.7 Å². The second-order valence-corrected chi connectivity index (χ2v) is 9.40. The van der Waals surface area contributed by atoms with Crippen LogP contribution in [0.4, 0.5) is 0 Å². The summed E-state index contributed by atoms with van der Waals surface area (Å²) in [5, 5.41) is 10.3. The van der Waals surface area contributed by atoms with Crippen molar-refractivity contribution in [2.75, 3.05) is 7.11 Å². The van der Waals surface area contributed by atoms with E-state index in [1.54, 1.807) is 26.0 Å². The molecule has 9 heteroatoms. The summed E-state index contributed by atoms with van der Waals surface area (Å²) < 4.78 is 35.7. The van der Waals surface area contributed by atoms with Crippen LogP contribution in [0.2, 0.25) is 0 Å². The van der Waals surface area contributed by atoms with E-state index in [1.807, 2.05) is 48.5 Å². The number of carbonyl (C=O) groups is 1. The summed E-state index contributed by atoms with van der Waals surface area (Å²) >= 11 is 0. The van der Waals surface area contributed by atoms with Crippen LogP contribution in [0.25, 0.3) is 5.76 Å². The Hall–Kier alpha value is -3.68. The highest BCUT2D eigenvalue weighted by Gasteiger charge is 2.59. The second-order valence-electron chi connectivity index (χ2n) is 9.40. The number of esters is 1. The summed E-state index contributed by atoms with van der Waals surface area (Å²) in [6.07, 6.45) is -2.95. The molecule has 0 bridgehead atoms. The molecule has 9 nitrogen and oxygen atoms in total. The van der Waals surface area contributed by atoms with Gasteiger partial charge in [0.2, 0.25) is 5.88 Å². The van der Waals surface area contributed by atoms with E-state index in [1.165, 1.54) is 7.11 Å². The van der Waals surface area contributed by atoms with Gasteiger partial charge in [-0.2, -0.15) is 5.26 Å². The van der Waals surface area contributed by atoms with Gasteiger partial charge in [0.1, 0.15) is 23.9 Å². The number of nitriles is 1. The fraction of sp³-hybridized carbons (Fsp3) is 0.357. The number of hydrogen-bond acceptors (Lipinski definition) is 9. The Morgan fingerprint density at radius 3 is 2.38 bits per heavy atom. The predicted molar refractivity (Wildman–Crippen MR) is 130 cm³/mol. The molecule has 2 saturated heterocycles. The molecule has 2 fully saturated rings. The summed E-state index contributed by atoms with van der Waals surface area (Å²) in [6.45, 7) is 3.84. The second kappa shape index (κ2) is 10.00. The number of methoxy groups -OCH3 is 1. The van der Waals surface area contributed by atoms with Gasteiger partial charge >= 0.3 is 5.97 Å². The number of benzene rings is 2. The van der Waals surface area contributed by atoms with Crippen LogP contribution >= 0.6 is 0 Å². The molecular formula is C28H28N2O7. The Morgan fingerprint density at radius 1 is 1.05 bits per heavy atom. The van der Waals surface area contributed by atoms with Crippen molar-refractivity contribution in [1.29, 1.82) is 5.26 Å². The van der Waals surface area contributed by atoms with Crippen LogP contribution in [-0.4, -0.2) is 43.5 Å². The maximum Gasteiger partial charge on any atom is 0.339 e. The molecule has 37 heavy (non-hydrogen) atoms. The van der Waals surface area contributed by atoms with Crippen molar-refractivity contribution in [2.45, 2.75) is 50.8 Å². The number of nitrogens with two attached hydrogens (primary N) is 1. The lowest BCUT2D eigenvalue weighted by Crippen LogP contribution is -2.44. The van der Waals surface area contributed by atoms with Crippen molar-refractivity contribution in [1.82, 2.24) is 0 Å². The van der Waals surface area contributed by atoms with Gasteiger partial charge in [-0.25, -0.2) is 4.79 Å². The van der Waals surface area contributed by atoms with E-state index >= 15 is 0 Å². The molecule has 5 atom stereocenters. The molecule has 0 aliphatic carbocycles. The third kappa shape index (κ3) is 4.72. The summed E-state index contributed by atoms with van der Waals surface area (Å²) in [6, 6.07) is 20.9. The van der Waals surface area contributed by atoms with Gasteiger partial charge in [-0.3, -0.25) is 0 Å². The molecule has 0 radical (unpaired) electrons. The Labute approximate surface area is 215 Å². The van der Waals surface area contributed by atoms with Crippen LogP contribution in [0.3, 0.4) is 0 Å². The number of hydrogen-bond donors (Lipinski definition) is 1. The van der Waals surface area contributed by atoms with E-state index in [-0.39, 0.29) is 29.4 Å². The molecule has 3 aliphatic rings. The standard InChI is InChI=1S/C28H28N2O7/c1-28(2)36-24-23(33-15-16-10-6-4-7-11-16)22(35-27(24)37-28)19-18(14-29)21(17-12-8-5-9-13-17)34-25(30)20(19)26(31)32-3/h4-13,19,22-24,27H,15,30H2,1-3H3/t19-,22?,23-,24+,27+/m0/s1. The zero-order valence-corrected chi connectivity index (χ0v) is 20.7. The topological polar surface area (TPSA) is 122 Å². The van der Waals surface area contributed by atoms with E-state index in [0.29, 0.717) is 5.56 Å². The van der Waals surface area contributed by atoms with Crippen LogP contribution in [0, 0.1) is 17.2 Å². The van der Waals surface area contributed by atoms with Crippen LogP contribution in [0.15, 0.2) is 77.7 Å². The minimum Gasteiger partial charge on any atom is -0.465 e. The lowest BCUT2D eigenvalue weighted by Gasteiger charge is -2.34. The number of ether oxygens (including phenoxy) is 6. The van der Waals surface area contributed by atoms with E-state index < -0.39 is 42.3 Å². The highest BCUT2D eigenvalue weighted by atomic mass is 16.8. The third-order valence-corrected chi connectivity index (χ3v) is 6.55. The average Bonchev–Trinajstić information content (AvgIpc) is 3.38. The Kier molecular flexibility index (Phi) is 6.75. The van der Waals surface area contributed by atoms with Crippen LogP contribution in [-0.2, 0) is 39.8 Å². The van der Waals surface area contributed by atoms with Crippen LogP contribution in [0.1, 0.15) is 25.0 Å². The summed E-state index contributed by atoms with van der Waals surface area (Å²) in [4.78, 5) is 13.0. The molecule has 2 aromatic carbocycles. The van der Waals surface area contributed by atoms with E-state index in [0.717, 1.165) is 5.56 Å². The molecule has 192 valence electrons. The van der Waals surface area contributed by atoms with Crippen molar-refractivity contribution in [3.8, 4) is 6.07 Å². The lowest BCUT2D eigenvalue weighted by atomic mass is 9.81. The van der Waals surface area contributed by atoms with Crippen molar-refractivity contribution >= 4 is 11.7 Å². The zero-order valence-electron chi connectivity index (χ0n) is 20.7. The fourth-order valence-corrected chi connectivity index (χ4v) is 4.98. The average molecular weight is 505 g/mol. The lowest BCUT2D eigenvalue weighted by molar-refractivity contribution is -0.222. The van der Waals surface area contributed by atoms with E-state index in [4.69, 9.17) is 34.2 Å². The number of nitrogens with zero attached hydrogens (tertiary/aromatic N) is 1. The number of rotatable bonds is 6. The van der Waals surface area contributed by atoms with Gasteiger partial charge in [0.05, 0.1) is 31.3 Å². The number of fused-ring (bicyclic) bond motifs is 1. The van der Waals surface area contributed by atoms with Crippen molar-refractivity contribution in [3.05, 3.63) is 88.8 Å². The van der Waals surface area contributed by atoms with Gasteiger partial charge in [0.25, 0.3) is 0 Å². The first-order valence-electron chi connectivity index (χ1n) is 11.9. The first-order chi connectivity index (χ1) is 17.8. The minimum atomic E-state index is -0.955. The summed E-state index contributed by atoms with van der Waals surface area (Å²) in [5.41, 5.74) is 8.00. The SMILES string of the molecule is COC(=O)C1=C(N)OC(c2ccccc2)=C(C#N)[C@@H]1C1O[C@@H]2OC(C)(C)O[C@@H]2[C@H]1OCc1ccccc1. The molecule has 2 N–H and O–H groups in total. The highest BCUT2D eigenvalue weighted by Crippen LogP contribution is 2.47. The molecular weight excluding hydrogens is 476 g/mol. The van der Waals surface area contributed by atoms with Crippen LogP contribution in [0.5, 0.6) is 0 Å². The largest absolute Gasteiger partial charge is 0.465 e. The van der Waals surface area contributed by atoms with E-state index in [2.05, 4.69) is 6.07 Å². The van der Waals surface area contributed by atoms with Crippen molar-refractivity contribution < 1.29 is 33.2 Å². The Bertz CT molecular complexity index is 1270. The zero-order chi connectivity index (χ0) is 26.2. The molecule has 0 saturated carbocycles. The molecule has 2 aromatic rings. The Morgan fingerprint density at radius 2 is 1.73 bits per heavy atom. The molecule has 5 rings (SSSR count). The molecule has 0 aromatic heterocycles.